The Hall–Kier alpha value is -1.56. The second kappa shape index (κ2) is 8.91. The lowest BCUT2D eigenvalue weighted by atomic mass is 10.2. The molecule has 0 saturated carbocycles. The molecule has 2 N–H and O–H groups in total. The van der Waals surface area contributed by atoms with Crippen molar-refractivity contribution in [3.63, 3.8) is 0 Å². The summed E-state index contributed by atoms with van der Waals surface area (Å²) in [5, 5.41) is 9.57. The summed E-state index contributed by atoms with van der Waals surface area (Å²) in [5.74, 6) is 0.772. The van der Waals surface area contributed by atoms with E-state index in [0.717, 1.165) is 23.1 Å². The van der Waals surface area contributed by atoms with Crippen molar-refractivity contribution < 1.29 is 0 Å². The van der Waals surface area contributed by atoms with Crippen molar-refractivity contribution in [1.82, 2.24) is 15.5 Å². The minimum Gasteiger partial charge on any atom is -0.354 e. The summed E-state index contributed by atoms with van der Waals surface area (Å²) in [6.07, 6.45) is 0. The lowest BCUT2D eigenvalue weighted by molar-refractivity contribution is 0.302. The lowest BCUT2D eigenvalue weighted by Crippen LogP contribution is -2.41. The smallest absolute Gasteiger partial charge is 0.191 e. The quantitative estimate of drug-likeness (QED) is 0.620. The van der Waals surface area contributed by atoms with Crippen LogP contribution in [0.2, 0.25) is 5.02 Å². The van der Waals surface area contributed by atoms with Crippen LogP contribution in [0.25, 0.3) is 0 Å². The standard InChI is InChI=1S/C17H23ClN4S/c1-19-17(20-11-13-7-4-5-8-14(13)18)21-12-15(22(2)3)16-9-6-10-23-16/h4-10,15H,11-12H2,1-3H3,(H2,19,20,21). The molecule has 1 atom stereocenters. The van der Waals surface area contributed by atoms with Gasteiger partial charge in [-0.2, -0.15) is 0 Å². The summed E-state index contributed by atoms with van der Waals surface area (Å²) in [4.78, 5) is 7.83. The average molecular weight is 351 g/mol. The van der Waals surface area contributed by atoms with Crippen molar-refractivity contribution in [1.29, 1.82) is 0 Å². The summed E-state index contributed by atoms with van der Waals surface area (Å²) in [5.41, 5.74) is 1.06. The predicted molar refractivity (Wildman–Crippen MR) is 100 cm³/mol. The average Bonchev–Trinajstić information content (AvgIpc) is 3.05. The van der Waals surface area contributed by atoms with Crippen LogP contribution >= 0.6 is 22.9 Å². The number of aliphatic imine (C=N–C) groups is 1. The Morgan fingerprint density at radius 3 is 2.61 bits per heavy atom. The Kier molecular flexibility index (Phi) is 6.89. The van der Waals surface area contributed by atoms with Crippen LogP contribution in [0.5, 0.6) is 0 Å². The molecule has 124 valence electrons. The number of nitrogens with one attached hydrogen (secondary N) is 2. The molecule has 4 nitrogen and oxygen atoms in total. The number of nitrogens with zero attached hydrogens (tertiary/aromatic N) is 2. The Morgan fingerprint density at radius 1 is 1.22 bits per heavy atom. The van der Waals surface area contributed by atoms with Gasteiger partial charge in [-0.3, -0.25) is 4.99 Å². The van der Waals surface area contributed by atoms with Crippen LogP contribution < -0.4 is 10.6 Å². The zero-order chi connectivity index (χ0) is 16.7. The number of benzene rings is 1. The van der Waals surface area contributed by atoms with Crippen molar-refractivity contribution in [2.24, 2.45) is 4.99 Å². The van der Waals surface area contributed by atoms with E-state index in [1.54, 1.807) is 18.4 Å². The summed E-state index contributed by atoms with van der Waals surface area (Å²) in [7, 11) is 5.95. The van der Waals surface area contributed by atoms with Gasteiger partial charge in [-0.1, -0.05) is 35.9 Å². The number of rotatable bonds is 6. The third-order valence-electron chi connectivity index (χ3n) is 3.59. The van der Waals surface area contributed by atoms with E-state index in [1.807, 2.05) is 24.3 Å². The fourth-order valence-electron chi connectivity index (χ4n) is 2.25. The molecule has 0 bridgehead atoms. The monoisotopic (exact) mass is 350 g/mol. The van der Waals surface area contributed by atoms with Crippen LogP contribution in [0, 0.1) is 0 Å². The summed E-state index contributed by atoms with van der Waals surface area (Å²) >= 11 is 7.95. The summed E-state index contributed by atoms with van der Waals surface area (Å²) < 4.78 is 0. The number of hydrogen-bond acceptors (Lipinski definition) is 3. The number of hydrogen-bond donors (Lipinski definition) is 2. The Labute approximate surface area is 147 Å². The van der Waals surface area contributed by atoms with Gasteiger partial charge in [0.15, 0.2) is 5.96 Å². The van der Waals surface area contributed by atoms with Crippen LogP contribution in [0.1, 0.15) is 16.5 Å². The molecule has 1 aromatic carbocycles. The predicted octanol–water partition coefficient (Wildman–Crippen LogP) is 3.37. The van der Waals surface area contributed by atoms with Gasteiger partial charge < -0.3 is 15.5 Å². The zero-order valence-corrected chi connectivity index (χ0v) is 15.3. The Morgan fingerprint density at radius 2 is 2.00 bits per heavy atom. The molecule has 0 spiro atoms. The first kappa shape index (κ1) is 17.8. The summed E-state index contributed by atoms with van der Waals surface area (Å²) in [6, 6.07) is 12.4. The molecule has 0 fully saturated rings. The molecular formula is C17H23ClN4S. The highest BCUT2D eigenvalue weighted by atomic mass is 35.5. The molecule has 0 amide bonds. The maximum atomic E-state index is 6.18. The van der Waals surface area contributed by atoms with Gasteiger partial charge >= 0.3 is 0 Å². The van der Waals surface area contributed by atoms with Crippen LogP contribution in [0.3, 0.4) is 0 Å². The Balaban J connectivity index is 1.91. The van der Waals surface area contributed by atoms with Crippen LogP contribution in [-0.2, 0) is 6.54 Å². The van der Waals surface area contributed by atoms with E-state index in [0.29, 0.717) is 12.6 Å². The fourth-order valence-corrected chi connectivity index (χ4v) is 3.38. The van der Waals surface area contributed by atoms with Crippen molar-refractivity contribution in [3.05, 3.63) is 57.2 Å². The van der Waals surface area contributed by atoms with Crippen molar-refractivity contribution >= 4 is 28.9 Å². The molecule has 6 heteroatoms. The Bertz CT molecular complexity index is 625. The van der Waals surface area contributed by atoms with Crippen LogP contribution in [0.15, 0.2) is 46.8 Å². The maximum absolute atomic E-state index is 6.18. The third-order valence-corrected chi connectivity index (χ3v) is 4.93. The molecule has 0 aliphatic rings. The van der Waals surface area contributed by atoms with E-state index >= 15 is 0 Å². The van der Waals surface area contributed by atoms with Gasteiger partial charge in [-0.05, 0) is 37.2 Å². The van der Waals surface area contributed by atoms with Crippen molar-refractivity contribution in [2.45, 2.75) is 12.6 Å². The minimum absolute atomic E-state index is 0.314. The molecule has 1 heterocycles. The first-order valence-electron chi connectivity index (χ1n) is 7.49. The van der Waals surface area contributed by atoms with Crippen molar-refractivity contribution in [3.8, 4) is 0 Å². The van der Waals surface area contributed by atoms with Gasteiger partial charge in [0.25, 0.3) is 0 Å². The first-order chi connectivity index (χ1) is 11.1. The highest BCUT2D eigenvalue weighted by Crippen LogP contribution is 2.22. The van der Waals surface area contributed by atoms with E-state index in [2.05, 4.69) is 52.1 Å². The minimum atomic E-state index is 0.314. The molecule has 2 aromatic rings. The zero-order valence-electron chi connectivity index (χ0n) is 13.7. The van der Waals surface area contributed by atoms with Gasteiger partial charge in [-0.25, -0.2) is 0 Å². The van der Waals surface area contributed by atoms with Crippen LogP contribution in [0.4, 0.5) is 0 Å². The molecule has 1 aromatic heterocycles. The lowest BCUT2D eigenvalue weighted by Gasteiger charge is -2.24. The van der Waals surface area contributed by atoms with E-state index in [-0.39, 0.29) is 0 Å². The molecule has 1 unspecified atom stereocenters. The van der Waals surface area contributed by atoms with Gasteiger partial charge in [0.1, 0.15) is 0 Å². The molecule has 2 rings (SSSR count). The van der Waals surface area contributed by atoms with E-state index in [1.165, 1.54) is 4.88 Å². The van der Waals surface area contributed by atoms with Gasteiger partial charge in [-0.15, -0.1) is 11.3 Å². The number of guanidine groups is 1. The fraction of sp³-hybridized carbons (Fsp3) is 0.353. The molecule has 23 heavy (non-hydrogen) atoms. The maximum Gasteiger partial charge on any atom is 0.191 e. The normalized spacial score (nSPS) is 13.2. The second-order valence-electron chi connectivity index (χ2n) is 5.39. The molecule has 0 radical (unpaired) electrons. The van der Waals surface area contributed by atoms with E-state index in [9.17, 15) is 0 Å². The second-order valence-corrected chi connectivity index (χ2v) is 6.78. The van der Waals surface area contributed by atoms with Gasteiger partial charge in [0.2, 0.25) is 0 Å². The topological polar surface area (TPSA) is 39.7 Å². The van der Waals surface area contributed by atoms with E-state index in [4.69, 9.17) is 11.6 Å². The van der Waals surface area contributed by atoms with Crippen LogP contribution in [-0.4, -0.2) is 38.5 Å². The molecule has 0 aliphatic carbocycles. The molecular weight excluding hydrogens is 328 g/mol. The molecule has 0 saturated heterocycles. The highest BCUT2D eigenvalue weighted by Gasteiger charge is 2.15. The van der Waals surface area contributed by atoms with Gasteiger partial charge in [0, 0.05) is 30.0 Å². The number of halogens is 1. The highest BCUT2D eigenvalue weighted by molar-refractivity contribution is 7.10. The number of likely N-dealkylation sites (N-methyl/N-ethyl adjacent to an activating group) is 1. The van der Waals surface area contributed by atoms with Crippen molar-refractivity contribution in [2.75, 3.05) is 27.7 Å². The molecule has 0 aliphatic heterocycles. The van der Waals surface area contributed by atoms with E-state index < -0.39 is 0 Å². The largest absolute Gasteiger partial charge is 0.354 e. The third kappa shape index (κ3) is 5.23. The first-order valence-corrected chi connectivity index (χ1v) is 8.75. The van der Waals surface area contributed by atoms with Gasteiger partial charge in [0.05, 0.1) is 6.04 Å². The SMILES string of the molecule is CN=C(NCc1ccccc1Cl)NCC(c1cccs1)N(C)C. The number of thiophene rings is 1. The summed E-state index contributed by atoms with van der Waals surface area (Å²) in [6.45, 7) is 1.43.